The molecule has 0 saturated carbocycles. The molecule has 1 atom stereocenters. The monoisotopic (exact) mass is 290 g/mol. The average Bonchev–Trinajstić information content (AvgIpc) is 2.53. The third-order valence-electron chi connectivity index (χ3n) is 3.51. The molecule has 0 aliphatic heterocycles. The van der Waals surface area contributed by atoms with Gasteiger partial charge in [0.2, 0.25) is 5.76 Å². The molecule has 0 aliphatic carbocycles. The van der Waals surface area contributed by atoms with Crippen molar-refractivity contribution in [2.45, 2.75) is 39.5 Å². The molecule has 0 aromatic heterocycles. The van der Waals surface area contributed by atoms with Crippen LogP contribution in [0.3, 0.4) is 0 Å². The number of methoxy groups -OCH3 is 1. The Bertz CT molecular complexity index is 437. The largest absolute Gasteiger partial charge is 0.490 e. The Morgan fingerprint density at radius 3 is 2.52 bits per heavy atom. The normalized spacial score (nSPS) is 12.8. The SMILES string of the molecule is CCCCC(CC)COC(=O)C(=Cc1ccccc1)OC. The van der Waals surface area contributed by atoms with Crippen LogP contribution in [-0.4, -0.2) is 19.7 Å². The van der Waals surface area contributed by atoms with Crippen molar-refractivity contribution in [2.24, 2.45) is 5.92 Å². The van der Waals surface area contributed by atoms with E-state index in [9.17, 15) is 4.79 Å². The van der Waals surface area contributed by atoms with Gasteiger partial charge in [0.25, 0.3) is 0 Å². The van der Waals surface area contributed by atoms with E-state index < -0.39 is 5.97 Å². The molecular formula is C18H26O3. The highest BCUT2D eigenvalue weighted by Gasteiger charge is 2.14. The zero-order valence-corrected chi connectivity index (χ0v) is 13.3. The lowest BCUT2D eigenvalue weighted by atomic mass is 10.0. The summed E-state index contributed by atoms with van der Waals surface area (Å²) in [6.07, 6.45) is 6.17. The Morgan fingerprint density at radius 2 is 1.95 bits per heavy atom. The first-order chi connectivity index (χ1) is 10.2. The maximum Gasteiger partial charge on any atom is 0.373 e. The smallest absolute Gasteiger partial charge is 0.373 e. The lowest BCUT2D eigenvalue weighted by Gasteiger charge is -2.15. The van der Waals surface area contributed by atoms with Gasteiger partial charge in [-0.05, 0) is 24.0 Å². The molecule has 1 aromatic rings. The second-order valence-electron chi connectivity index (χ2n) is 5.14. The first-order valence-corrected chi connectivity index (χ1v) is 7.69. The summed E-state index contributed by atoms with van der Waals surface area (Å²) in [6.45, 7) is 4.76. The molecule has 3 nitrogen and oxygen atoms in total. The van der Waals surface area contributed by atoms with Crippen molar-refractivity contribution in [1.29, 1.82) is 0 Å². The number of carbonyl (C=O) groups excluding carboxylic acids is 1. The standard InChI is InChI=1S/C18H26O3/c1-4-6-10-15(5-2)14-21-18(19)17(20-3)13-16-11-8-7-9-12-16/h7-9,11-13,15H,4-6,10,14H2,1-3H3. The van der Waals surface area contributed by atoms with Gasteiger partial charge < -0.3 is 9.47 Å². The number of ether oxygens (including phenoxy) is 2. The zero-order chi connectivity index (χ0) is 15.5. The molecule has 0 saturated heterocycles. The van der Waals surface area contributed by atoms with E-state index in [1.807, 2.05) is 30.3 Å². The van der Waals surface area contributed by atoms with Crippen LogP contribution in [0.15, 0.2) is 36.1 Å². The van der Waals surface area contributed by atoms with Gasteiger partial charge >= 0.3 is 5.97 Å². The number of benzene rings is 1. The number of hydrogen-bond acceptors (Lipinski definition) is 3. The van der Waals surface area contributed by atoms with E-state index in [1.165, 1.54) is 20.0 Å². The van der Waals surface area contributed by atoms with E-state index in [4.69, 9.17) is 9.47 Å². The molecule has 21 heavy (non-hydrogen) atoms. The van der Waals surface area contributed by atoms with Gasteiger partial charge in [0.1, 0.15) is 0 Å². The predicted molar refractivity (Wildman–Crippen MR) is 85.7 cm³/mol. The number of hydrogen-bond donors (Lipinski definition) is 0. The van der Waals surface area contributed by atoms with Gasteiger partial charge in [-0.1, -0.05) is 63.4 Å². The van der Waals surface area contributed by atoms with Crippen molar-refractivity contribution in [1.82, 2.24) is 0 Å². The van der Waals surface area contributed by atoms with Crippen LogP contribution in [0, 0.1) is 5.92 Å². The van der Waals surface area contributed by atoms with Gasteiger partial charge in [-0.3, -0.25) is 0 Å². The van der Waals surface area contributed by atoms with E-state index in [0.29, 0.717) is 12.5 Å². The second kappa shape index (κ2) is 10.0. The molecule has 1 unspecified atom stereocenters. The van der Waals surface area contributed by atoms with Gasteiger partial charge in [-0.2, -0.15) is 0 Å². The van der Waals surface area contributed by atoms with Gasteiger partial charge in [0.15, 0.2) is 0 Å². The van der Waals surface area contributed by atoms with Gasteiger partial charge in [0, 0.05) is 0 Å². The molecule has 116 valence electrons. The minimum Gasteiger partial charge on any atom is -0.490 e. The van der Waals surface area contributed by atoms with Crippen LogP contribution in [-0.2, 0) is 14.3 Å². The number of unbranched alkanes of at least 4 members (excludes halogenated alkanes) is 1. The Morgan fingerprint density at radius 1 is 1.24 bits per heavy atom. The Balaban J connectivity index is 2.57. The quantitative estimate of drug-likeness (QED) is 0.383. The van der Waals surface area contributed by atoms with E-state index in [2.05, 4.69) is 13.8 Å². The maximum atomic E-state index is 12.1. The highest BCUT2D eigenvalue weighted by Crippen LogP contribution is 2.15. The van der Waals surface area contributed by atoms with E-state index in [0.717, 1.165) is 18.4 Å². The van der Waals surface area contributed by atoms with E-state index >= 15 is 0 Å². The molecule has 0 fully saturated rings. The van der Waals surface area contributed by atoms with Crippen molar-refractivity contribution >= 4 is 12.0 Å². The Labute approximate surface area is 128 Å². The van der Waals surface area contributed by atoms with Crippen molar-refractivity contribution in [3.05, 3.63) is 41.7 Å². The van der Waals surface area contributed by atoms with Crippen molar-refractivity contribution in [2.75, 3.05) is 13.7 Å². The fraction of sp³-hybridized carbons (Fsp3) is 0.500. The highest BCUT2D eigenvalue weighted by atomic mass is 16.6. The first-order valence-electron chi connectivity index (χ1n) is 7.69. The third-order valence-corrected chi connectivity index (χ3v) is 3.51. The molecule has 0 amide bonds. The molecule has 0 radical (unpaired) electrons. The summed E-state index contributed by atoms with van der Waals surface area (Å²) < 4.78 is 10.5. The van der Waals surface area contributed by atoms with E-state index in [1.54, 1.807) is 6.08 Å². The minimum atomic E-state index is -0.392. The van der Waals surface area contributed by atoms with Gasteiger partial charge in [-0.25, -0.2) is 4.79 Å². The number of carbonyl (C=O) groups is 1. The number of esters is 1. The summed E-state index contributed by atoms with van der Waals surface area (Å²) in [4.78, 5) is 12.1. The third kappa shape index (κ3) is 6.48. The molecule has 0 spiro atoms. The topological polar surface area (TPSA) is 35.5 Å². The van der Waals surface area contributed by atoms with Crippen LogP contribution >= 0.6 is 0 Å². The lowest BCUT2D eigenvalue weighted by Crippen LogP contribution is -2.16. The van der Waals surface area contributed by atoms with Crippen LogP contribution in [0.5, 0.6) is 0 Å². The van der Waals surface area contributed by atoms with Crippen molar-refractivity contribution in [3.63, 3.8) is 0 Å². The summed E-state index contributed by atoms with van der Waals surface area (Å²) in [5.74, 6) is 0.284. The molecule has 1 aromatic carbocycles. The van der Waals surface area contributed by atoms with Gasteiger partial charge in [-0.15, -0.1) is 0 Å². The number of rotatable bonds is 9. The summed E-state index contributed by atoms with van der Waals surface area (Å²) in [5.41, 5.74) is 0.921. The summed E-state index contributed by atoms with van der Waals surface area (Å²) in [5, 5.41) is 0. The van der Waals surface area contributed by atoms with Crippen molar-refractivity contribution < 1.29 is 14.3 Å². The Kier molecular flexibility index (Phi) is 8.25. The highest BCUT2D eigenvalue weighted by molar-refractivity contribution is 5.91. The van der Waals surface area contributed by atoms with E-state index in [-0.39, 0.29) is 5.76 Å². The maximum absolute atomic E-state index is 12.1. The summed E-state index contributed by atoms with van der Waals surface area (Å²) in [7, 11) is 1.49. The van der Waals surface area contributed by atoms with Crippen LogP contribution in [0.2, 0.25) is 0 Å². The van der Waals surface area contributed by atoms with Crippen LogP contribution in [0.25, 0.3) is 6.08 Å². The fourth-order valence-corrected chi connectivity index (χ4v) is 2.06. The molecule has 3 heteroatoms. The molecule has 0 bridgehead atoms. The summed E-state index contributed by atoms with van der Waals surface area (Å²) >= 11 is 0. The first kappa shape index (κ1) is 17.3. The lowest BCUT2D eigenvalue weighted by molar-refractivity contribution is -0.143. The average molecular weight is 290 g/mol. The Hall–Kier alpha value is -1.77. The van der Waals surface area contributed by atoms with Crippen LogP contribution in [0.4, 0.5) is 0 Å². The molecule has 1 rings (SSSR count). The zero-order valence-electron chi connectivity index (χ0n) is 13.3. The van der Waals surface area contributed by atoms with Gasteiger partial charge in [0.05, 0.1) is 13.7 Å². The second-order valence-corrected chi connectivity index (χ2v) is 5.14. The predicted octanol–water partition coefficient (Wildman–Crippen LogP) is 4.43. The van der Waals surface area contributed by atoms with Crippen molar-refractivity contribution in [3.8, 4) is 0 Å². The summed E-state index contributed by atoms with van der Waals surface area (Å²) in [6, 6.07) is 9.61. The molecule has 0 N–H and O–H groups in total. The van der Waals surface area contributed by atoms with Crippen LogP contribution < -0.4 is 0 Å². The fourth-order valence-electron chi connectivity index (χ4n) is 2.06. The minimum absolute atomic E-state index is 0.242. The molecule has 0 aliphatic rings. The van der Waals surface area contributed by atoms with Crippen LogP contribution in [0.1, 0.15) is 45.1 Å². The molecule has 0 heterocycles. The molecular weight excluding hydrogens is 264 g/mol.